The number of hydrogen-bond acceptors (Lipinski definition) is 2. The first-order valence-corrected chi connectivity index (χ1v) is 7.98. The SMILES string of the molecule is CCCCCCCCCCCC1(C)OCC(C)O1. The van der Waals surface area contributed by atoms with Gasteiger partial charge in [-0.2, -0.15) is 0 Å². The number of unbranched alkanes of at least 4 members (excludes halogenated alkanes) is 8. The number of hydrogen-bond donors (Lipinski definition) is 0. The van der Waals surface area contributed by atoms with Gasteiger partial charge in [0.2, 0.25) is 0 Å². The molecule has 1 aliphatic rings. The van der Waals surface area contributed by atoms with Crippen LogP contribution in [0.3, 0.4) is 0 Å². The lowest BCUT2D eigenvalue weighted by atomic mass is 10.0. The van der Waals surface area contributed by atoms with E-state index in [1.54, 1.807) is 0 Å². The maximum Gasteiger partial charge on any atom is 0.166 e. The predicted molar refractivity (Wildman–Crippen MR) is 76.7 cm³/mol. The first kappa shape index (κ1) is 16.0. The lowest BCUT2D eigenvalue weighted by molar-refractivity contribution is -0.157. The van der Waals surface area contributed by atoms with Crippen molar-refractivity contribution in [2.24, 2.45) is 0 Å². The topological polar surface area (TPSA) is 18.5 Å². The molecule has 2 atom stereocenters. The first-order chi connectivity index (χ1) is 8.66. The molecular weight excluding hydrogens is 224 g/mol. The number of rotatable bonds is 10. The van der Waals surface area contributed by atoms with Crippen LogP contribution in [0.1, 0.15) is 85.0 Å². The molecule has 0 amide bonds. The molecular formula is C16H32O2. The van der Waals surface area contributed by atoms with Crippen molar-refractivity contribution in [2.45, 2.75) is 96.9 Å². The van der Waals surface area contributed by atoms with Crippen LogP contribution in [0.4, 0.5) is 0 Å². The van der Waals surface area contributed by atoms with Gasteiger partial charge in [-0.1, -0.05) is 58.3 Å². The van der Waals surface area contributed by atoms with Gasteiger partial charge in [0.25, 0.3) is 0 Å². The minimum atomic E-state index is -0.291. The van der Waals surface area contributed by atoms with Crippen molar-refractivity contribution in [3.05, 3.63) is 0 Å². The van der Waals surface area contributed by atoms with Crippen molar-refractivity contribution < 1.29 is 9.47 Å². The molecule has 108 valence electrons. The van der Waals surface area contributed by atoms with E-state index in [4.69, 9.17) is 9.47 Å². The summed E-state index contributed by atoms with van der Waals surface area (Å²) in [5, 5.41) is 0. The molecule has 0 aromatic heterocycles. The van der Waals surface area contributed by atoms with Crippen molar-refractivity contribution in [3.63, 3.8) is 0 Å². The van der Waals surface area contributed by atoms with E-state index in [1.165, 1.54) is 57.8 Å². The van der Waals surface area contributed by atoms with E-state index in [2.05, 4.69) is 20.8 Å². The highest BCUT2D eigenvalue weighted by Gasteiger charge is 2.34. The number of ether oxygens (including phenoxy) is 2. The zero-order valence-corrected chi connectivity index (χ0v) is 12.7. The molecule has 1 fully saturated rings. The summed E-state index contributed by atoms with van der Waals surface area (Å²) in [6.45, 7) is 7.20. The van der Waals surface area contributed by atoms with Crippen LogP contribution >= 0.6 is 0 Å². The van der Waals surface area contributed by atoms with Gasteiger partial charge in [0.1, 0.15) is 0 Å². The molecule has 0 aliphatic carbocycles. The second kappa shape index (κ2) is 8.92. The Morgan fingerprint density at radius 2 is 1.50 bits per heavy atom. The van der Waals surface area contributed by atoms with E-state index < -0.39 is 0 Å². The minimum absolute atomic E-state index is 0.272. The average Bonchev–Trinajstić information content (AvgIpc) is 2.68. The van der Waals surface area contributed by atoms with Gasteiger partial charge in [-0.05, 0) is 20.3 Å². The highest BCUT2D eigenvalue weighted by Crippen LogP contribution is 2.28. The van der Waals surface area contributed by atoms with E-state index in [9.17, 15) is 0 Å². The Morgan fingerprint density at radius 1 is 0.944 bits per heavy atom. The molecule has 0 aromatic carbocycles. The molecule has 0 bridgehead atoms. The van der Waals surface area contributed by atoms with Crippen molar-refractivity contribution in [1.82, 2.24) is 0 Å². The Balaban J connectivity index is 1.87. The lowest BCUT2D eigenvalue weighted by Gasteiger charge is -2.22. The summed E-state index contributed by atoms with van der Waals surface area (Å²) in [5.41, 5.74) is 0. The van der Waals surface area contributed by atoms with Crippen LogP contribution in [-0.4, -0.2) is 18.5 Å². The van der Waals surface area contributed by atoms with Gasteiger partial charge in [0.15, 0.2) is 5.79 Å². The van der Waals surface area contributed by atoms with Gasteiger partial charge >= 0.3 is 0 Å². The normalized spacial score (nSPS) is 27.8. The smallest absolute Gasteiger partial charge is 0.166 e. The molecule has 0 radical (unpaired) electrons. The molecule has 0 N–H and O–H groups in total. The molecule has 1 aliphatic heterocycles. The summed E-state index contributed by atoms with van der Waals surface area (Å²) in [7, 11) is 0. The molecule has 2 unspecified atom stereocenters. The van der Waals surface area contributed by atoms with Crippen molar-refractivity contribution in [2.75, 3.05) is 6.61 Å². The predicted octanol–water partition coefficient (Wildman–Crippen LogP) is 5.06. The Kier molecular flexibility index (Phi) is 7.92. The quantitative estimate of drug-likeness (QED) is 0.509. The van der Waals surface area contributed by atoms with Crippen molar-refractivity contribution in [3.8, 4) is 0 Å². The fourth-order valence-corrected chi connectivity index (χ4v) is 2.68. The summed E-state index contributed by atoms with van der Waals surface area (Å²) in [5.74, 6) is -0.291. The highest BCUT2D eigenvalue weighted by molar-refractivity contribution is 4.72. The zero-order valence-electron chi connectivity index (χ0n) is 12.7. The van der Waals surface area contributed by atoms with Gasteiger partial charge in [-0.15, -0.1) is 0 Å². The Labute approximate surface area is 113 Å². The third kappa shape index (κ3) is 6.75. The van der Waals surface area contributed by atoms with E-state index in [0.717, 1.165) is 13.0 Å². The van der Waals surface area contributed by atoms with Crippen LogP contribution in [0, 0.1) is 0 Å². The molecule has 0 saturated carbocycles. The molecule has 2 nitrogen and oxygen atoms in total. The van der Waals surface area contributed by atoms with Crippen LogP contribution < -0.4 is 0 Å². The van der Waals surface area contributed by atoms with Crippen LogP contribution in [0.2, 0.25) is 0 Å². The maximum absolute atomic E-state index is 5.80. The summed E-state index contributed by atoms with van der Waals surface area (Å²) in [6.07, 6.45) is 13.7. The Morgan fingerprint density at radius 3 is 2.00 bits per heavy atom. The third-order valence-corrected chi connectivity index (χ3v) is 3.81. The second-order valence-electron chi connectivity index (χ2n) is 5.95. The molecule has 0 aromatic rings. The van der Waals surface area contributed by atoms with Gasteiger partial charge in [-0.25, -0.2) is 0 Å². The third-order valence-electron chi connectivity index (χ3n) is 3.81. The van der Waals surface area contributed by atoms with Crippen LogP contribution in [0.25, 0.3) is 0 Å². The Bertz CT molecular complexity index is 205. The summed E-state index contributed by atoms with van der Waals surface area (Å²) in [4.78, 5) is 0. The Hall–Kier alpha value is -0.0800. The lowest BCUT2D eigenvalue weighted by Crippen LogP contribution is -2.25. The molecule has 2 heteroatoms. The van der Waals surface area contributed by atoms with E-state index >= 15 is 0 Å². The first-order valence-electron chi connectivity index (χ1n) is 7.98. The molecule has 1 saturated heterocycles. The van der Waals surface area contributed by atoms with Crippen LogP contribution in [0.15, 0.2) is 0 Å². The average molecular weight is 256 g/mol. The summed E-state index contributed by atoms with van der Waals surface area (Å²) in [6, 6.07) is 0. The monoisotopic (exact) mass is 256 g/mol. The summed E-state index contributed by atoms with van der Waals surface area (Å²) >= 11 is 0. The second-order valence-corrected chi connectivity index (χ2v) is 5.95. The largest absolute Gasteiger partial charge is 0.348 e. The van der Waals surface area contributed by atoms with Crippen molar-refractivity contribution in [1.29, 1.82) is 0 Å². The van der Waals surface area contributed by atoms with Crippen LogP contribution in [0.5, 0.6) is 0 Å². The van der Waals surface area contributed by atoms with Crippen LogP contribution in [-0.2, 0) is 9.47 Å². The molecule has 0 spiro atoms. The molecule has 1 rings (SSSR count). The standard InChI is InChI=1S/C16H32O2/c1-4-5-6-7-8-9-10-11-12-13-16(3)17-14-15(2)18-16/h15H,4-14H2,1-3H3. The molecule has 1 heterocycles. The zero-order chi connectivity index (χ0) is 13.3. The highest BCUT2D eigenvalue weighted by atomic mass is 16.7. The van der Waals surface area contributed by atoms with E-state index in [0.29, 0.717) is 0 Å². The van der Waals surface area contributed by atoms with E-state index in [1.807, 2.05) is 0 Å². The maximum atomic E-state index is 5.80. The van der Waals surface area contributed by atoms with Gasteiger partial charge < -0.3 is 9.47 Å². The fourth-order valence-electron chi connectivity index (χ4n) is 2.68. The van der Waals surface area contributed by atoms with Crippen molar-refractivity contribution >= 4 is 0 Å². The minimum Gasteiger partial charge on any atom is -0.348 e. The molecule has 18 heavy (non-hydrogen) atoms. The van der Waals surface area contributed by atoms with E-state index in [-0.39, 0.29) is 11.9 Å². The van der Waals surface area contributed by atoms with Gasteiger partial charge in [0.05, 0.1) is 12.7 Å². The van der Waals surface area contributed by atoms with Gasteiger partial charge in [0, 0.05) is 6.42 Å². The summed E-state index contributed by atoms with van der Waals surface area (Å²) < 4.78 is 11.5. The fraction of sp³-hybridized carbons (Fsp3) is 1.00. The van der Waals surface area contributed by atoms with Gasteiger partial charge in [-0.3, -0.25) is 0 Å².